The number of carbonyl (C=O) groups excluding carboxylic acids is 1. The number of carbonyl (C=O) groups is 1. The standard InChI is InChI=1S/C12H8FN3OS2/c13-8-1-3-9(4-2-8)18-7-11(17)16-12-15-6-10(5-14)19-12/h1-4,6H,7H2,(H,15,16,17). The van der Waals surface area contributed by atoms with E-state index in [1.165, 1.54) is 30.1 Å². The van der Waals surface area contributed by atoms with Crippen molar-refractivity contribution in [1.82, 2.24) is 4.98 Å². The summed E-state index contributed by atoms with van der Waals surface area (Å²) in [5, 5.41) is 11.6. The van der Waals surface area contributed by atoms with Crippen LogP contribution in [-0.4, -0.2) is 16.6 Å². The first-order valence-corrected chi connectivity index (χ1v) is 7.02. The molecule has 1 heterocycles. The van der Waals surface area contributed by atoms with Crippen molar-refractivity contribution in [3.05, 3.63) is 41.2 Å². The van der Waals surface area contributed by atoms with Crippen LogP contribution in [0, 0.1) is 17.1 Å². The second-order valence-electron chi connectivity index (χ2n) is 3.43. The minimum atomic E-state index is -0.305. The predicted octanol–water partition coefficient (Wildman–Crippen LogP) is 2.88. The number of hydrogen-bond donors (Lipinski definition) is 1. The maximum atomic E-state index is 12.7. The Kier molecular flexibility index (Phi) is 4.49. The van der Waals surface area contributed by atoms with Crippen molar-refractivity contribution in [3.63, 3.8) is 0 Å². The van der Waals surface area contributed by atoms with Gasteiger partial charge in [-0.15, -0.1) is 11.8 Å². The predicted molar refractivity (Wildman–Crippen MR) is 72.6 cm³/mol. The van der Waals surface area contributed by atoms with Gasteiger partial charge in [0.2, 0.25) is 5.91 Å². The minimum Gasteiger partial charge on any atom is -0.301 e. The van der Waals surface area contributed by atoms with Gasteiger partial charge in [-0.2, -0.15) is 5.26 Å². The normalized spacial score (nSPS) is 9.89. The van der Waals surface area contributed by atoms with Gasteiger partial charge in [0.1, 0.15) is 16.8 Å². The van der Waals surface area contributed by atoms with E-state index in [0.29, 0.717) is 10.0 Å². The molecule has 19 heavy (non-hydrogen) atoms. The Hall–Kier alpha value is -1.91. The second-order valence-corrected chi connectivity index (χ2v) is 5.51. The molecule has 0 atom stereocenters. The molecule has 96 valence electrons. The highest BCUT2D eigenvalue weighted by Gasteiger charge is 2.07. The van der Waals surface area contributed by atoms with Crippen LogP contribution in [0.5, 0.6) is 0 Å². The van der Waals surface area contributed by atoms with Crippen molar-refractivity contribution >= 4 is 34.1 Å². The fourth-order valence-corrected chi connectivity index (χ4v) is 2.55. The summed E-state index contributed by atoms with van der Waals surface area (Å²) < 4.78 is 12.7. The van der Waals surface area contributed by atoms with E-state index in [2.05, 4.69) is 10.3 Å². The number of nitrogens with one attached hydrogen (secondary N) is 1. The molecule has 0 saturated heterocycles. The van der Waals surface area contributed by atoms with Gasteiger partial charge in [-0.05, 0) is 24.3 Å². The number of thiazole rings is 1. The van der Waals surface area contributed by atoms with E-state index < -0.39 is 0 Å². The average molecular weight is 293 g/mol. The number of aromatic nitrogens is 1. The first-order valence-electron chi connectivity index (χ1n) is 5.21. The lowest BCUT2D eigenvalue weighted by Crippen LogP contribution is -2.13. The fraction of sp³-hybridized carbons (Fsp3) is 0.0833. The van der Waals surface area contributed by atoms with E-state index >= 15 is 0 Å². The number of rotatable bonds is 4. The lowest BCUT2D eigenvalue weighted by atomic mass is 10.4. The van der Waals surface area contributed by atoms with Gasteiger partial charge in [0, 0.05) is 4.90 Å². The van der Waals surface area contributed by atoms with Gasteiger partial charge >= 0.3 is 0 Å². The molecule has 2 aromatic rings. The van der Waals surface area contributed by atoms with E-state index in [1.807, 2.05) is 6.07 Å². The highest BCUT2D eigenvalue weighted by Crippen LogP contribution is 2.20. The fourth-order valence-electron chi connectivity index (χ4n) is 1.22. The summed E-state index contributed by atoms with van der Waals surface area (Å²) in [5.41, 5.74) is 0. The number of hydrogen-bond acceptors (Lipinski definition) is 5. The van der Waals surface area contributed by atoms with Crippen molar-refractivity contribution in [2.24, 2.45) is 0 Å². The summed E-state index contributed by atoms with van der Waals surface area (Å²) in [4.78, 5) is 16.8. The van der Waals surface area contributed by atoms with E-state index in [1.54, 1.807) is 12.1 Å². The summed E-state index contributed by atoms with van der Waals surface area (Å²) >= 11 is 2.42. The van der Waals surface area contributed by atoms with E-state index in [9.17, 15) is 9.18 Å². The van der Waals surface area contributed by atoms with E-state index in [-0.39, 0.29) is 17.5 Å². The van der Waals surface area contributed by atoms with Gasteiger partial charge in [-0.1, -0.05) is 11.3 Å². The molecule has 4 nitrogen and oxygen atoms in total. The van der Waals surface area contributed by atoms with Crippen molar-refractivity contribution in [3.8, 4) is 6.07 Å². The molecule has 0 unspecified atom stereocenters. The van der Waals surface area contributed by atoms with Crippen LogP contribution in [0.1, 0.15) is 4.88 Å². The smallest absolute Gasteiger partial charge is 0.236 e. The molecule has 1 aromatic carbocycles. The van der Waals surface area contributed by atoms with Gasteiger partial charge in [-0.25, -0.2) is 9.37 Å². The summed E-state index contributed by atoms with van der Waals surface area (Å²) in [6.07, 6.45) is 1.41. The monoisotopic (exact) mass is 293 g/mol. The van der Waals surface area contributed by atoms with Gasteiger partial charge in [-0.3, -0.25) is 4.79 Å². The maximum Gasteiger partial charge on any atom is 0.236 e. The number of halogens is 1. The Bertz CT molecular complexity index is 619. The summed E-state index contributed by atoms with van der Waals surface area (Å²) in [5.74, 6) is -0.318. The molecule has 0 fully saturated rings. The number of anilines is 1. The third-order valence-corrected chi connectivity index (χ3v) is 3.88. The molecule has 0 saturated carbocycles. The minimum absolute atomic E-state index is 0.201. The van der Waals surface area contributed by atoms with Crippen LogP contribution in [0.4, 0.5) is 9.52 Å². The molecular weight excluding hydrogens is 285 g/mol. The molecule has 0 bridgehead atoms. The van der Waals surface area contributed by atoms with E-state index in [0.717, 1.165) is 16.2 Å². The third-order valence-electron chi connectivity index (χ3n) is 2.05. The topological polar surface area (TPSA) is 65.8 Å². The van der Waals surface area contributed by atoms with Gasteiger partial charge < -0.3 is 5.32 Å². The number of nitrogens with zero attached hydrogens (tertiary/aromatic N) is 2. The summed E-state index contributed by atoms with van der Waals surface area (Å²) in [6, 6.07) is 7.87. The molecule has 7 heteroatoms. The van der Waals surface area contributed by atoms with Gasteiger partial charge in [0.25, 0.3) is 0 Å². The van der Waals surface area contributed by atoms with Crippen LogP contribution in [-0.2, 0) is 4.79 Å². The first-order chi connectivity index (χ1) is 9.17. The van der Waals surface area contributed by atoms with Crippen molar-refractivity contribution in [2.75, 3.05) is 11.1 Å². The van der Waals surface area contributed by atoms with Crippen LogP contribution in [0.2, 0.25) is 0 Å². The zero-order valence-electron chi connectivity index (χ0n) is 9.59. The maximum absolute atomic E-state index is 12.7. The SMILES string of the molecule is N#Cc1cnc(NC(=O)CSc2ccc(F)cc2)s1. The highest BCUT2D eigenvalue weighted by molar-refractivity contribution is 8.00. The molecule has 0 spiro atoms. The van der Waals surface area contributed by atoms with Crippen LogP contribution in [0.3, 0.4) is 0 Å². The molecule has 0 radical (unpaired) electrons. The third kappa shape index (κ3) is 4.05. The van der Waals surface area contributed by atoms with Crippen LogP contribution >= 0.6 is 23.1 Å². The zero-order valence-corrected chi connectivity index (χ0v) is 11.2. The van der Waals surface area contributed by atoms with Crippen LogP contribution in [0.25, 0.3) is 0 Å². The largest absolute Gasteiger partial charge is 0.301 e. The number of nitriles is 1. The Morgan fingerprint density at radius 1 is 1.47 bits per heavy atom. The number of thioether (sulfide) groups is 1. The molecule has 0 aliphatic heterocycles. The zero-order chi connectivity index (χ0) is 13.7. The molecule has 1 aromatic heterocycles. The number of amides is 1. The Balaban J connectivity index is 1.84. The summed E-state index contributed by atoms with van der Waals surface area (Å²) in [6.45, 7) is 0. The second kappa shape index (κ2) is 6.31. The van der Waals surface area contributed by atoms with Crippen molar-refractivity contribution in [1.29, 1.82) is 5.26 Å². The van der Waals surface area contributed by atoms with Crippen molar-refractivity contribution < 1.29 is 9.18 Å². The molecular formula is C12H8FN3OS2. The molecule has 1 N–H and O–H groups in total. The van der Waals surface area contributed by atoms with Crippen LogP contribution < -0.4 is 5.32 Å². The Morgan fingerprint density at radius 3 is 2.84 bits per heavy atom. The molecule has 0 aliphatic rings. The van der Waals surface area contributed by atoms with Gasteiger partial charge in [0.15, 0.2) is 5.13 Å². The van der Waals surface area contributed by atoms with Crippen LogP contribution in [0.15, 0.2) is 35.4 Å². The molecule has 2 rings (SSSR count). The first kappa shape index (κ1) is 13.5. The lowest BCUT2D eigenvalue weighted by Gasteiger charge is -2.01. The Labute approximate surface area is 117 Å². The quantitative estimate of drug-likeness (QED) is 0.880. The summed E-state index contributed by atoms with van der Waals surface area (Å²) in [7, 11) is 0. The Morgan fingerprint density at radius 2 is 2.21 bits per heavy atom. The average Bonchev–Trinajstić information content (AvgIpc) is 2.86. The van der Waals surface area contributed by atoms with E-state index in [4.69, 9.17) is 5.26 Å². The number of benzene rings is 1. The van der Waals surface area contributed by atoms with Crippen molar-refractivity contribution in [2.45, 2.75) is 4.90 Å². The molecule has 0 aliphatic carbocycles. The highest BCUT2D eigenvalue weighted by atomic mass is 32.2. The molecule has 1 amide bonds. The van der Waals surface area contributed by atoms with Gasteiger partial charge in [0.05, 0.1) is 11.9 Å². The lowest BCUT2D eigenvalue weighted by molar-refractivity contribution is -0.113.